The van der Waals surface area contributed by atoms with E-state index in [0.29, 0.717) is 4.58 Å². The van der Waals surface area contributed by atoms with E-state index in [1.807, 2.05) is 37.4 Å². The number of hydrogen-bond donors (Lipinski definition) is 2. The average Bonchev–Trinajstić information content (AvgIpc) is 2.18. The van der Waals surface area contributed by atoms with E-state index in [2.05, 4.69) is 0 Å². The summed E-state index contributed by atoms with van der Waals surface area (Å²) in [6.45, 7) is 3.93. The topological polar surface area (TPSA) is 40.5 Å². The first kappa shape index (κ1) is 11.7. The minimum Gasteiger partial charge on any atom is -0.394 e. The molecule has 2 nitrogen and oxygen atoms in total. The van der Waals surface area contributed by atoms with Crippen molar-refractivity contribution in [3.63, 3.8) is 0 Å². The molecule has 0 saturated carbocycles. The first-order valence-electron chi connectivity index (χ1n) is 4.61. The van der Waals surface area contributed by atoms with Gasteiger partial charge in [-0.05, 0) is 17.9 Å². The maximum Gasteiger partial charge on any atom is 0.0840 e. The van der Waals surface area contributed by atoms with Gasteiger partial charge in [-0.1, -0.05) is 13.8 Å². The Morgan fingerprint density at radius 2 is 1.92 bits per heavy atom. The van der Waals surface area contributed by atoms with Crippen molar-refractivity contribution in [2.24, 2.45) is 5.41 Å². The van der Waals surface area contributed by atoms with Crippen molar-refractivity contribution >= 4 is 23.5 Å². The summed E-state index contributed by atoms with van der Waals surface area (Å²) < 4.78 is 0.420. The van der Waals surface area contributed by atoms with Gasteiger partial charge in [0.05, 0.1) is 17.3 Å². The molecule has 13 heavy (non-hydrogen) atoms. The number of aliphatic hydroxyl groups excluding tert-OH is 2. The zero-order valence-corrected chi connectivity index (χ0v) is 9.83. The van der Waals surface area contributed by atoms with Crippen LogP contribution in [0.15, 0.2) is 0 Å². The third kappa shape index (κ3) is 2.78. The molecule has 0 aromatic rings. The lowest BCUT2D eigenvalue weighted by atomic mass is 9.89. The quantitative estimate of drug-likeness (QED) is 0.760. The highest BCUT2D eigenvalue weighted by molar-refractivity contribution is 8.17. The molecular weight excluding hydrogens is 204 g/mol. The minimum atomic E-state index is -0.601. The van der Waals surface area contributed by atoms with Crippen LogP contribution in [0.5, 0.6) is 0 Å². The Morgan fingerprint density at radius 3 is 2.38 bits per heavy atom. The summed E-state index contributed by atoms with van der Waals surface area (Å²) in [7, 11) is 0. The van der Waals surface area contributed by atoms with Gasteiger partial charge in [0.15, 0.2) is 0 Å². The number of hydrogen-bond acceptors (Lipinski definition) is 4. The van der Waals surface area contributed by atoms with Crippen LogP contribution >= 0.6 is 23.5 Å². The predicted octanol–water partition coefficient (Wildman–Crippen LogP) is 1.56. The Hall–Kier alpha value is 0.620. The van der Waals surface area contributed by atoms with Crippen molar-refractivity contribution in [1.82, 2.24) is 0 Å². The summed E-state index contributed by atoms with van der Waals surface area (Å²) in [6.07, 6.45) is 0.660. The summed E-state index contributed by atoms with van der Waals surface area (Å²) in [5, 5.41) is 18.6. The highest BCUT2D eigenvalue weighted by Gasteiger charge is 2.37. The van der Waals surface area contributed by atoms with Crippen molar-refractivity contribution < 1.29 is 10.2 Å². The molecule has 0 amide bonds. The molecule has 78 valence electrons. The molecule has 0 aliphatic carbocycles. The van der Waals surface area contributed by atoms with Crippen LogP contribution in [0.4, 0.5) is 0 Å². The van der Waals surface area contributed by atoms with E-state index >= 15 is 0 Å². The van der Waals surface area contributed by atoms with Gasteiger partial charge in [-0.2, -0.15) is 0 Å². The molecule has 1 aliphatic rings. The van der Waals surface area contributed by atoms with Gasteiger partial charge in [0.25, 0.3) is 0 Å². The van der Waals surface area contributed by atoms with Gasteiger partial charge in [0.1, 0.15) is 0 Å². The molecule has 4 heteroatoms. The summed E-state index contributed by atoms with van der Waals surface area (Å²) in [5.41, 5.74) is -0.190. The number of aliphatic hydroxyl groups is 2. The second-order valence-corrected chi connectivity index (χ2v) is 6.67. The fourth-order valence-corrected chi connectivity index (χ4v) is 4.68. The van der Waals surface area contributed by atoms with Crippen LogP contribution in [0.1, 0.15) is 20.3 Å². The van der Waals surface area contributed by atoms with Crippen LogP contribution in [-0.2, 0) is 0 Å². The van der Waals surface area contributed by atoms with Crippen LogP contribution in [0.3, 0.4) is 0 Å². The molecule has 0 aromatic carbocycles. The predicted molar refractivity (Wildman–Crippen MR) is 60.2 cm³/mol. The van der Waals surface area contributed by atoms with Gasteiger partial charge in [0, 0.05) is 5.41 Å². The van der Waals surface area contributed by atoms with Gasteiger partial charge in [0.2, 0.25) is 0 Å². The highest BCUT2D eigenvalue weighted by atomic mass is 32.2. The first-order chi connectivity index (χ1) is 6.09. The fourth-order valence-electron chi connectivity index (χ4n) is 1.31. The fraction of sp³-hybridized carbons (Fsp3) is 1.00. The Bertz CT molecular complexity index is 156. The smallest absolute Gasteiger partial charge is 0.0840 e. The maximum absolute atomic E-state index is 9.66. The number of rotatable bonds is 3. The molecule has 0 radical (unpaired) electrons. The Balaban J connectivity index is 2.55. The van der Waals surface area contributed by atoms with Crippen LogP contribution in [0.25, 0.3) is 0 Å². The molecule has 0 bridgehead atoms. The van der Waals surface area contributed by atoms with Gasteiger partial charge in [-0.3, -0.25) is 0 Å². The van der Waals surface area contributed by atoms with Crippen molar-refractivity contribution in [3.05, 3.63) is 0 Å². The Labute approximate surface area is 88.5 Å². The van der Waals surface area contributed by atoms with E-state index < -0.39 is 6.10 Å². The zero-order valence-electron chi connectivity index (χ0n) is 8.19. The Morgan fingerprint density at radius 1 is 1.38 bits per heavy atom. The largest absolute Gasteiger partial charge is 0.394 e. The molecule has 1 heterocycles. The van der Waals surface area contributed by atoms with Gasteiger partial charge in [-0.15, -0.1) is 23.5 Å². The lowest BCUT2D eigenvalue weighted by Crippen LogP contribution is -2.40. The molecule has 1 fully saturated rings. The van der Waals surface area contributed by atoms with E-state index in [1.54, 1.807) is 0 Å². The maximum atomic E-state index is 9.66. The first-order valence-corrected chi connectivity index (χ1v) is 6.71. The second kappa shape index (κ2) is 4.91. The van der Waals surface area contributed by atoms with E-state index in [-0.39, 0.29) is 12.0 Å². The van der Waals surface area contributed by atoms with E-state index in [4.69, 9.17) is 5.11 Å². The molecule has 1 aliphatic heterocycles. The normalized spacial score (nSPS) is 23.1. The molecule has 0 aromatic heterocycles. The standard InChI is InChI=1S/C9H18O2S2/c1-9(2,7(11)6-10)8-12-4-3-5-13-8/h7-8,10-11H,3-6H2,1-2H3/t7-/m1/s1. The molecule has 0 spiro atoms. The third-order valence-electron chi connectivity index (χ3n) is 2.47. The van der Waals surface area contributed by atoms with Crippen LogP contribution in [0.2, 0.25) is 0 Å². The highest BCUT2D eigenvalue weighted by Crippen LogP contribution is 2.44. The summed E-state index contributed by atoms with van der Waals surface area (Å²) in [5.74, 6) is 2.36. The van der Waals surface area contributed by atoms with E-state index in [9.17, 15) is 5.11 Å². The van der Waals surface area contributed by atoms with Crippen LogP contribution in [0, 0.1) is 5.41 Å². The molecule has 2 N–H and O–H groups in total. The van der Waals surface area contributed by atoms with Crippen LogP contribution < -0.4 is 0 Å². The summed E-state index contributed by atoms with van der Waals surface area (Å²) in [4.78, 5) is 0. The van der Waals surface area contributed by atoms with E-state index in [0.717, 1.165) is 0 Å². The van der Waals surface area contributed by atoms with E-state index in [1.165, 1.54) is 17.9 Å². The molecule has 1 rings (SSSR count). The van der Waals surface area contributed by atoms with Crippen molar-refractivity contribution in [3.8, 4) is 0 Å². The van der Waals surface area contributed by atoms with Gasteiger partial charge < -0.3 is 10.2 Å². The average molecular weight is 222 g/mol. The number of thioether (sulfide) groups is 2. The van der Waals surface area contributed by atoms with Crippen molar-refractivity contribution in [2.45, 2.75) is 31.0 Å². The molecule has 1 atom stereocenters. The SMILES string of the molecule is CC(C)(C1SCCCS1)[C@H](O)CO. The lowest BCUT2D eigenvalue weighted by molar-refractivity contribution is 0.0120. The third-order valence-corrected chi connectivity index (χ3v) is 6.15. The summed E-state index contributed by atoms with van der Waals surface area (Å²) in [6, 6.07) is 0. The Kier molecular flexibility index (Phi) is 4.42. The lowest BCUT2D eigenvalue weighted by Gasteiger charge is -2.38. The zero-order chi connectivity index (χ0) is 9.90. The van der Waals surface area contributed by atoms with Crippen molar-refractivity contribution in [2.75, 3.05) is 18.1 Å². The van der Waals surface area contributed by atoms with Crippen LogP contribution in [-0.4, -0.2) is 39.0 Å². The molecule has 0 unspecified atom stereocenters. The van der Waals surface area contributed by atoms with Gasteiger partial charge in [-0.25, -0.2) is 0 Å². The van der Waals surface area contributed by atoms with Gasteiger partial charge >= 0.3 is 0 Å². The summed E-state index contributed by atoms with van der Waals surface area (Å²) >= 11 is 3.81. The van der Waals surface area contributed by atoms with Crippen molar-refractivity contribution in [1.29, 1.82) is 0 Å². The second-order valence-electron chi connectivity index (χ2n) is 3.95. The molecular formula is C9H18O2S2. The monoisotopic (exact) mass is 222 g/mol. The molecule has 1 saturated heterocycles. The minimum absolute atomic E-state index is 0.134.